The number of carbonyl (C=O) groups is 1. The molecule has 0 radical (unpaired) electrons. The molecule has 1 atom stereocenters. The van der Waals surface area contributed by atoms with Gasteiger partial charge in [-0.25, -0.2) is 4.79 Å². The van der Waals surface area contributed by atoms with Crippen LogP contribution in [0.15, 0.2) is 54.6 Å². The lowest BCUT2D eigenvalue weighted by atomic mass is 9.96. The summed E-state index contributed by atoms with van der Waals surface area (Å²) in [5.74, 6) is 0.424. The number of halogens is 1. The molecule has 0 saturated carbocycles. The molecule has 208 valence electrons. The van der Waals surface area contributed by atoms with Crippen LogP contribution < -0.4 is 4.74 Å². The lowest BCUT2D eigenvalue weighted by Gasteiger charge is -2.12. The van der Waals surface area contributed by atoms with Crippen molar-refractivity contribution < 1.29 is 19.4 Å². The van der Waals surface area contributed by atoms with Crippen molar-refractivity contribution in [1.29, 1.82) is 0 Å². The quantitative estimate of drug-likeness (QED) is 0.138. The molecule has 0 fully saturated rings. The highest BCUT2D eigenvalue weighted by Gasteiger charge is 2.27. The SMILES string of the molecule is CCOC(=O)c1[nH]c2c(-c3c([C@H](O)CC)nn(C)c3C)c(Cl)ccc2c1CCCOc1cccc2ccccc12. The first kappa shape index (κ1) is 27.7. The molecule has 2 heterocycles. The lowest BCUT2D eigenvalue weighted by molar-refractivity contribution is 0.0519. The van der Waals surface area contributed by atoms with Gasteiger partial charge in [-0.2, -0.15) is 5.10 Å². The van der Waals surface area contributed by atoms with E-state index in [1.54, 1.807) is 11.6 Å². The van der Waals surface area contributed by atoms with E-state index >= 15 is 0 Å². The van der Waals surface area contributed by atoms with Crippen LogP contribution in [0.1, 0.15) is 60.2 Å². The van der Waals surface area contributed by atoms with Gasteiger partial charge in [0.2, 0.25) is 0 Å². The highest BCUT2D eigenvalue weighted by atomic mass is 35.5. The number of aryl methyl sites for hydroxylation is 2. The van der Waals surface area contributed by atoms with Gasteiger partial charge < -0.3 is 19.6 Å². The third-order valence-corrected chi connectivity index (χ3v) is 7.72. The average molecular weight is 560 g/mol. The number of nitrogens with zero attached hydrogens (tertiary/aromatic N) is 2. The molecule has 0 aliphatic heterocycles. The number of fused-ring (bicyclic) bond motifs is 2. The molecule has 0 unspecified atom stereocenters. The van der Waals surface area contributed by atoms with E-state index in [0.29, 0.717) is 42.3 Å². The molecule has 8 heteroatoms. The predicted octanol–water partition coefficient (Wildman–Crippen LogP) is 7.32. The Balaban J connectivity index is 1.53. The van der Waals surface area contributed by atoms with Crippen LogP contribution in [-0.2, 0) is 18.2 Å². The number of esters is 1. The Morgan fingerprint density at radius 3 is 2.62 bits per heavy atom. The molecule has 0 spiro atoms. The topological polar surface area (TPSA) is 89.4 Å². The number of nitrogens with one attached hydrogen (secondary N) is 1. The Morgan fingerprint density at radius 1 is 1.07 bits per heavy atom. The summed E-state index contributed by atoms with van der Waals surface area (Å²) in [6.45, 7) is 6.40. The van der Waals surface area contributed by atoms with E-state index in [-0.39, 0.29) is 6.61 Å². The van der Waals surface area contributed by atoms with Gasteiger partial charge in [-0.3, -0.25) is 4.68 Å². The molecule has 0 saturated heterocycles. The number of aromatic amines is 1. The van der Waals surface area contributed by atoms with Gasteiger partial charge in [-0.15, -0.1) is 0 Å². The first-order chi connectivity index (χ1) is 19.3. The molecule has 5 rings (SSSR count). The fourth-order valence-electron chi connectivity index (χ4n) is 5.30. The van der Waals surface area contributed by atoms with Crippen LogP contribution in [0.4, 0.5) is 0 Å². The van der Waals surface area contributed by atoms with Crippen molar-refractivity contribution in [3.8, 4) is 16.9 Å². The minimum absolute atomic E-state index is 0.264. The zero-order chi connectivity index (χ0) is 28.4. The van der Waals surface area contributed by atoms with Gasteiger partial charge in [0.05, 0.1) is 35.6 Å². The first-order valence-corrected chi connectivity index (χ1v) is 14.1. The Bertz CT molecular complexity index is 1680. The monoisotopic (exact) mass is 559 g/mol. The molecule has 40 heavy (non-hydrogen) atoms. The molecule has 0 bridgehead atoms. The fraction of sp³-hybridized carbons (Fsp3) is 0.312. The van der Waals surface area contributed by atoms with Crippen LogP contribution in [-0.4, -0.2) is 39.1 Å². The zero-order valence-electron chi connectivity index (χ0n) is 23.3. The van der Waals surface area contributed by atoms with E-state index in [4.69, 9.17) is 21.1 Å². The molecular formula is C32H34ClN3O4. The van der Waals surface area contributed by atoms with Crippen LogP contribution in [0.3, 0.4) is 0 Å². The van der Waals surface area contributed by atoms with Crippen LogP contribution in [0.5, 0.6) is 5.75 Å². The van der Waals surface area contributed by atoms with E-state index in [1.165, 1.54) is 0 Å². The molecule has 2 N–H and O–H groups in total. The van der Waals surface area contributed by atoms with Gasteiger partial charge in [0, 0.05) is 34.6 Å². The summed E-state index contributed by atoms with van der Waals surface area (Å²) in [6, 6.07) is 17.9. The molecule has 7 nitrogen and oxygen atoms in total. The number of hydrogen-bond acceptors (Lipinski definition) is 5. The van der Waals surface area contributed by atoms with Gasteiger partial charge in [0.1, 0.15) is 11.4 Å². The number of aromatic nitrogens is 3. The van der Waals surface area contributed by atoms with Crippen molar-refractivity contribution in [2.75, 3.05) is 13.2 Å². The summed E-state index contributed by atoms with van der Waals surface area (Å²) in [7, 11) is 1.85. The van der Waals surface area contributed by atoms with E-state index < -0.39 is 12.1 Å². The van der Waals surface area contributed by atoms with Crippen molar-refractivity contribution in [3.63, 3.8) is 0 Å². The minimum Gasteiger partial charge on any atom is -0.493 e. The summed E-state index contributed by atoms with van der Waals surface area (Å²) in [4.78, 5) is 16.4. The Labute approximate surface area is 238 Å². The summed E-state index contributed by atoms with van der Waals surface area (Å²) < 4.78 is 13.3. The second-order valence-electron chi connectivity index (χ2n) is 9.87. The second-order valence-corrected chi connectivity index (χ2v) is 10.3. The van der Waals surface area contributed by atoms with Gasteiger partial charge in [0.15, 0.2) is 0 Å². The largest absolute Gasteiger partial charge is 0.493 e. The normalized spacial score (nSPS) is 12.2. The highest BCUT2D eigenvalue weighted by Crippen LogP contribution is 2.42. The smallest absolute Gasteiger partial charge is 0.355 e. The van der Waals surface area contributed by atoms with E-state index in [2.05, 4.69) is 28.3 Å². The molecule has 5 aromatic rings. The maximum absolute atomic E-state index is 13.1. The van der Waals surface area contributed by atoms with Crippen molar-refractivity contribution in [2.45, 2.75) is 46.1 Å². The third kappa shape index (κ3) is 5.07. The molecule has 3 aromatic carbocycles. The Morgan fingerprint density at radius 2 is 1.85 bits per heavy atom. The summed E-state index contributed by atoms with van der Waals surface area (Å²) in [5, 5.41) is 19.0. The van der Waals surface area contributed by atoms with Gasteiger partial charge >= 0.3 is 5.97 Å². The Kier molecular flexibility index (Phi) is 8.14. The number of rotatable bonds is 10. The average Bonchev–Trinajstić information content (AvgIpc) is 3.47. The molecule has 2 aromatic heterocycles. The maximum Gasteiger partial charge on any atom is 0.355 e. The van der Waals surface area contributed by atoms with E-state index in [0.717, 1.165) is 49.8 Å². The predicted molar refractivity (Wildman–Crippen MR) is 159 cm³/mol. The molecule has 0 aliphatic rings. The van der Waals surface area contributed by atoms with Crippen molar-refractivity contribution in [1.82, 2.24) is 14.8 Å². The second kappa shape index (κ2) is 11.7. The minimum atomic E-state index is -0.744. The first-order valence-electron chi connectivity index (χ1n) is 13.7. The molecular weight excluding hydrogens is 526 g/mol. The lowest BCUT2D eigenvalue weighted by Crippen LogP contribution is -2.09. The van der Waals surface area contributed by atoms with E-state index in [9.17, 15) is 9.90 Å². The number of benzene rings is 3. The number of hydrogen-bond donors (Lipinski definition) is 2. The molecule has 0 amide bonds. The summed E-state index contributed by atoms with van der Waals surface area (Å²) in [5.41, 5.74) is 4.91. The summed E-state index contributed by atoms with van der Waals surface area (Å²) >= 11 is 6.81. The van der Waals surface area contributed by atoms with Crippen LogP contribution >= 0.6 is 11.6 Å². The number of H-pyrrole nitrogens is 1. The van der Waals surface area contributed by atoms with Crippen LogP contribution in [0.2, 0.25) is 5.02 Å². The summed E-state index contributed by atoms with van der Waals surface area (Å²) in [6.07, 6.45) is 1.05. The van der Waals surface area contributed by atoms with E-state index in [1.807, 2.05) is 57.3 Å². The van der Waals surface area contributed by atoms with Crippen LogP contribution in [0.25, 0.3) is 32.8 Å². The van der Waals surface area contributed by atoms with Crippen molar-refractivity contribution >= 4 is 39.2 Å². The fourth-order valence-corrected chi connectivity index (χ4v) is 5.55. The maximum atomic E-state index is 13.1. The highest BCUT2D eigenvalue weighted by molar-refractivity contribution is 6.35. The number of aliphatic hydroxyl groups excluding tert-OH is 1. The van der Waals surface area contributed by atoms with Gasteiger partial charge in [-0.1, -0.05) is 61.0 Å². The molecule has 0 aliphatic carbocycles. The number of ether oxygens (including phenoxy) is 2. The van der Waals surface area contributed by atoms with Gasteiger partial charge in [0.25, 0.3) is 0 Å². The Hall–Kier alpha value is -3.81. The van der Waals surface area contributed by atoms with Crippen LogP contribution in [0, 0.1) is 6.92 Å². The number of carbonyl (C=O) groups excluding carboxylic acids is 1. The van der Waals surface area contributed by atoms with Gasteiger partial charge in [-0.05, 0) is 56.2 Å². The van der Waals surface area contributed by atoms with Crippen molar-refractivity contribution in [2.24, 2.45) is 7.05 Å². The zero-order valence-corrected chi connectivity index (χ0v) is 24.0. The standard InChI is InChI=1S/C32H34ClN3O4/c1-5-25(37)31-27(19(3)36(4)35-31)28-24(33)17-16-23-22(30(34-29(23)28)32(38)39-6-2)14-10-18-40-26-15-9-12-20-11-7-8-13-21(20)26/h7-9,11-13,15-17,25,34,37H,5-6,10,14,18H2,1-4H3/t25-/m1/s1. The third-order valence-electron chi connectivity index (χ3n) is 7.40. The number of aliphatic hydroxyl groups is 1. The van der Waals surface area contributed by atoms with Crippen molar-refractivity contribution in [3.05, 3.63) is 82.3 Å².